The highest BCUT2D eigenvalue weighted by Gasteiger charge is 2.35. The van der Waals surface area contributed by atoms with E-state index in [2.05, 4.69) is 15.6 Å². The number of hydrogen-bond donors (Lipinski definition) is 2. The molecule has 0 saturated heterocycles. The number of aromatic nitrogens is 1. The average molecular weight is 425 g/mol. The molecule has 3 rings (SSSR count). The van der Waals surface area contributed by atoms with E-state index in [0.717, 1.165) is 5.56 Å². The molecule has 1 aliphatic heterocycles. The lowest BCUT2D eigenvalue weighted by atomic mass is 10.1. The number of benzene rings is 1. The number of hydrogen-bond acceptors (Lipinski definition) is 5. The standard InChI is InChI=1S/C19H20N4O3.2ClH/c1-12(20-2)10-22-17(24)14-3-4-15-16(9-14)19(26)23(18(15)25)11-13-5-7-21-8-6-13;;/h3-9,12,20H,10-11H2,1-2H3,(H,22,24);2*1H. The number of likely N-dealkylation sites (N-methyl/N-ethyl adjacent to an activating group) is 1. The fraction of sp³-hybridized carbons (Fsp3) is 0.263. The maximum absolute atomic E-state index is 12.6. The molecule has 7 nitrogen and oxygen atoms in total. The molecule has 0 aliphatic carbocycles. The monoisotopic (exact) mass is 424 g/mol. The summed E-state index contributed by atoms with van der Waals surface area (Å²) < 4.78 is 0. The van der Waals surface area contributed by atoms with Gasteiger partial charge in [0.1, 0.15) is 0 Å². The average Bonchev–Trinajstić information content (AvgIpc) is 2.91. The Morgan fingerprint density at radius 3 is 2.36 bits per heavy atom. The number of halogens is 2. The van der Waals surface area contributed by atoms with Crippen molar-refractivity contribution in [2.45, 2.75) is 19.5 Å². The highest BCUT2D eigenvalue weighted by Crippen LogP contribution is 2.25. The zero-order valence-electron chi connectivity index (χ0n) is 15.5. The van der Waals surface area contributed by atoms with E-state index in [1.165, 1.54) is 11.0 Å². The van der Waals surface area contributed by atoms with Crippen LogP contribution in [0.15, 0.2) is 42.7 Å². The minimum Gasteiger partial charge on any atom is -0.350 e. The lowest BCUT2D eigenvalue weighted by Gasteiger charge is -2.13. The first kappa shape index (κ1) is 23.6. The molecule has 28 heavy (non-hydrogen) atoms. The molecule has 0 radical (unpaired) electrons. The number of carbonyl (C=O) groups is 3. The van der Waals surface area contributed by atoms with E-state index in [9.17, 15) is 14.4 Å². The summed E-state index contributed by atoms with van der Waals surface area (Å²) in [6.45, 7) is 2.59. The molecule has 1 atom stereocenters. The van der Waals surface area contributed by atoms with Gasteiger partial charge in [0.2, 0.25) is 0 Å². The molecule has 0 saturated carbocycles. The third-order valence-electron chi connectivity index (χ3n) is 4.38. The molecule has 0 fully saturated rings. The number of carbonyl (C=O) groups excluding carboxylic acids is 3. The Morgan fingerprint density at radius 2 is 1.71 bits per heavy atom. The summed E-state index contributed by atoms with van der Waals surface area (Å²) in [5.74, 6) is -1.01. The lowest BCUT2D eigenvalue weighted by molar-refractivity contribution is 0.0642. The van der Waals surface area contributed by atoms with Gasteiger partial charge in [-0.25, -0.2) is 0 Å². The zero-order valence-corrected chi connectivity index (χ0v) is 17.1. The first-order chi connectivity index (χ1) is 12.5. The van der Waals surface area contributed by atoms with Gasteiger partial charge in [0.15, 0.2) is 0 Å². The summed E-state index contributed by atoms with van der Waals surface area (Å²) in [5, 5.41) is 5.83. The molecule has 1 aromatic carbocycles. The lowest BCUT2D eigenvalue weighted by Crippen LogP contribution is -2.37. The summed E-state index contributed by atoms with van der Waals surface area (Å²) >= 11 is 0. The van der Waals surface area contributed by atoms with Crippen molar-refractivity contribution >= 4 is 42.5 Å². The second kappa shape index (κ2) is 10.2. The van der Waals surface area contributed by atoms with Crippen molar-refractivity contribution in [3.8, 4) is 0 Å². The second-order valence-electron chi connectivity index (χ2n) is 6.21. The Bertz CT molecular complexity index is 862. The van der Waals surface area contributed by atoms with Crippen molar-refractivity contribution < 1.29 is 14.4 Å². The Morgan fingerprint density at radius 1 is 1.07 bits per heavy atom. The van der Waals surface area contributed by atoms with E-state index in [1.54, 1.807) is 36.7 Å². The van der Waals surface area contributed by atoms with Crippen LogP contribution in [0.4, 0.5) is 0 Å². The fourth-order valence-electron chi connectivity index (χ4n) is 2.70. The minimum absolute atomic E-state index is 0. The molecular formula is C19H22Cl2N4O3. The Kier molecular flexibility index (Phi) is 8.56. The highest BCUT2D eigenvalue weighted by molar-refractivity contribution is 6.22. The van der Waals surface area contributed by atoms with Crippen LogP contribution in [-0.2, 0) is 6.54 Å². The minimum atomic E-state index is -0.389. The van der Waals surface area contributed by atoms with Crippen molar-refractivity contribution in [3.63, 3.8) is 0 Å². The van der Waals surface area contributed by atoms with Crippen molar-refractivity contribution in [1.82, 2.24) is 20.5 Å². The fourth-order valence-corrected chi connectivity index (χ4v) is 2.70. The maximum atomic E-state index is 12.6. The van der Waals surface area contributed by atoms with Crippen molar-refractivity contribution in [2.75, 3.05) is 13.6 Å². The van der Waals surface area contributed by atoms with Crippen LogP contribution in [0.5, 0.6) is 0 Å². The van der Waals surface area contributed by atoms with Gasteiger partial charge in [-0.15, -0.1) is 24.8 Å². The number of amides is 3. The van der Waals surface area contributed by atoms with Gasteiger partial charge in [0.25, 0.3) is 17.7 Å². The number of nitrogens with zero attached hydrogens (tertiary/aromatic N) is 2. The number of rotatable bonds is 6. The summed E-state index contributed by atoms with van der Waals surface area (Å²) in [4.78, 5) is 42.6. The van der Waals surface area contributed by atoms with Gasteiger partial charge in [0.05, 0.1) is 17.7 Å². The van der Waals surface area contributed by atoms with Crippen LogP contribution in [0.3, 0.4) is 0 Å². The normalized spacial score (nSPS) is 13.3. The second-order valence-corrected chi connectivity index (χ2v) is 6.21. The third-order valence-corrected chi connectivity index (χ3v) is 4.38. The summed E-state index contributed by atoms with van der Waals surface area (Å²) in [5.41, 5.74) is 1.76. The van der Waals surface area contributed by atoms with Crippen LogP contribution in [0, 0.1) is 0 Å². The Hall–Kier alpha value is -2.48. The van der Waals surface area contributed by atoms with Gasteiger partial charge in [0, 0.05) is 30.5 Å². The smallest absolute Gasteiger partial charge is 0.261 e. The van der Waals surface area contributed by atoms with Gasteiger partial charge >= 0.3 is 0 Å². The van der Waals surface area contributed by atoms with E-state index < -0.39 is 0 Å². The Balaban J connectivity index is 0.00000196. The van der Waals surface area contributed by atoms with E-state index >= 15 is 0 Å². The molecule has 2 heterocycles. The quantitative estimate of drug-likeness (QED) is 0.692. The molecular weight excluding hydrogens is 403 g/mol. The first-order valence-corrected chi connectivity index (χ1v) is 8.36. The van der Waals surface area contributed by atoms with E-state index in [0.29, 0.717) is 17.7 Å². The topological polar surface area (TPSA) is 91.4 Å². The number of fused-ring (bicyclic) bond motifs is 1. The molecule has 0 bridgehead atoms. The van der Waals surface area contributed by atoms with Gasteiger partial charge in [-0.2, -0.15) is 0 Å². The summed E-state index contributed by atoms with van der Waals surface area (Å²) in [6, 6.07) is 8.24. The molecule has 3 amide bonds. The molecule has 1 unspecified atom stereocenters. The Labute approximate surface area is 175 Å². The molecule has 0 spiro atoms. The van der Waals surface area contributed by atoms with Crippen LogP contribution in [0.25, 0.3) is 0 Å². The molecule has 2 aromatic rings. The van der Waals surface area contributed by atoms with E-state index in [-0.39, 0.29) is 60.7 Å². The number of imide groups is 1. The third kappa shape index (κ3) is 4.86. The molecule has 150 valence electrons. The highest BCUT2D eigenvalue weighted by atomic mass is 35.5. The molecule has 1 aliphatic rings. The largest absolute Gasteiger partial charge is 0.350 e. The van der Waals surface area contributed by atoms with Crippen molar-refractivity contribution in [1.29, 1.82) is 0 Å². The van der Waals surface area contributed by atoms with Crippen LogP contribution >= 0.6 is 24.8 Å². The first-order valence-electron chi connectivity index (χ1n) is 8.36. The SMILES string of the molecule is CNC(C)CNC(=O)c1ccc2c(c1)C(=O)N(Cc1ccncc1)C2=O.Cl.Cl. The van der Waals surface area contributed by atoms with Crippen LogP contribution in [0.1, 0.15) is 43.6 Å². The van der Waals surface area contributed by atoms with Crippen LogP contribution < -0.4 is 10.6 Å². The molecule has 1 aromatic heterocycles. The van der Waals surface area contributed by atoms with Gasteiger partial charge in [-0.3, -0.25) is 24.3 Å². The molecule has 2 N–H and O–H groups in total. The summed E-state index contributed by atoms with van der Waals surface area (Å²) in [7, 11) is 1.81. The summed E-state index contributed by atoms with van der Waals surface area (Å²) in [6.07, 6.45) is 3.23. The van der Waals surface area contributed by atoms with Crippen molar-refractivity contribution in [2.24, 2.45) is 0 Å². The number of nitrogens with one attached hydrogen (secondary N) is 2. The van der Waals surface area contributed by atoms with Crippen LogP contribution in [0.2, 0.25) is 0 Å². The van der Waals surface area contributed by atoms with Gasteiger partial charge in [-0.05, 0) is 49.9 Å². The van der Waals surface area contributed by atoms with Gasteiger partial charge in [-0.1, -0.05) is 0 Å². The van der Waals surface area contributed by atoms with E-state index in [1.807, 2.05) is 14.0 Å². The zero-order chi connectivity index (χ0) is 18.7. The van der Waals surface area contributed by atoms with Crippen molar-refractivity contribution in [3.05, 3.63) is 65.0 Å². The van der Waals surface area contributed by atoms with E-state index in [4.69, 9.17) is 0 Å². The van der Waals surface area contributed by atoms with Crippen LogP contribution in [-0.4, -0.2) is 47.2 Å². The predicted octanol–water partition coefficient (Wildman–Crippen LogP) is 2.06. The number of pyridine rings is 1. The predicted molar refractivity (Wildman–Crippen MR) is 110 cm³/mol. The maximum Gasteiger partial charge on any atom is 0.261 e. The van der Waals surface area contributed by atoms with Gasteiger partial charge < -0.3 is 10.6 Å². The molecule has 9 heteroatoms.